The Morgan fingerprint density at radius 2 is 2.13 bits per heavy atom. The van der Waals surface area contributed by atoms with E-state index in [-0.39, 0.29) is 12.1 Å². The fourth-order valence-corrected chi connectivity index (χ4v) is 2.43. The summed E-state index contributed by atoms with van der Waals surface area (Å²) in [6.45, 7) is 8.95. The topological polar surface area (TPSA) is 63.2 Å². The van der Waals surface area contributed by atoms with Crippen LogP contribution in [0.1, 0.15) is 52.7 Å². The van der Waals surface area contributed by atoms with E-state index in [1.165, 1.54) is 0 Å². The summed E-state index contributed by atoms with van der Waals surface area (Å²) < 4.78 is 6.10. The van der Waals surface area contributed by atoms with Gasteiger partial charge in [0.05, 0.1) is 5.69 Å². The highest BCUT2D eigenvalue weighted by atomic mass is 79.9. The minimum absolute atomic E-state index is 0.197. The number of alkyl carbamates (subject to hydrolysis) is 1. The molecular weight excluding hydrogens is 358 g/mol. The largest absolute Gasteiger partial charge is 0.444 e. The van der Waals surface area contributed by atoms with E-state index in [9.17, 15) is 4.79 Å². The van der Waals surface area contributed by atoms with Gasteiger partial charge in [-0.25, -0.2) is 9.78 Å². The Kier molecular flexibility index (Phi) is 8.55. The summed E-state index contributed by atoms with van der Waals surface area (Å²) in [5.74, 6) is 0. The van der Waals surface area contributed by atoms with Crippen LogP contribution in [0.3, 0.4) is 0 Å². The Labute approximate surface area is 147 Å². The van der Waals surface area contributed by atoms with Crippen molar-refractivity contribution in [3.05, 3.63) is 28.5 Å². The second kappa shape index (κ2) is 9.88. The quantitative estimate of drug-likeness (QED) is 0.663. The van der Waals surface area contributed by atoms with Gasteiger partial charge in [-0.3, -0.25) is 0 Å². The molecule has 1 atom stereocenters. The van der Waals surface area contributed by atoms with Crippen LogP contribution < -0.4 is 10.6 Å². The molecule has 0 aliphatic rings. The zero-order chi connectivity index (χ0) is 17.3. The molecule has 5 nitrogen and oxygen atoms in total. The first-order chi connectivity index (χ1) is 10.8. The lowest BCUT2D eigenvalue weighted by atomic mass is 10.1. The van der Waals surface area contributed by atoms with Gasteiger partial charge in [0, 0.05) is 19.1 Å². The minimum atomic E-state index is -0.476. The maximum Gasteiger partial charge on any atom is 0.407 e. The van der Waals surface area contributed by atoms with Crippen molar-refractivity contribution in [2.45, 2.75) is 65.1 Å². The van der Waals surface area contributed by atoms with Gasteiger partial charge in [0.25, 0.3) is 0 Å². The molecule has 0 radical (unpaired) electrons. The van der Waals surface area contributed by atoms with Crippen LogP contribution in [0.5, 0.6) is 0 Å². The van der Waals surface area contributed by atoms with Gasteiger partial charge in [-0.15, -0.1) is 0 Å². The highest BCUT2D eigenvalue weighted by Crippen LogP contribution is 2.08. The monoisotopic (exact) mass is 385 g/mol. The summed E-state index contributed by atoms with van der Waals surface area (Å²) in [6, 6.07) is 6.05. The molecule has 1 heterocycles. The number of pyridine rings is 1. The molecule has 2 N–H and O–H groups in total. The molecule has 0 aliphatic carbocycles. The number of carbonyl (C=O) groups is 1. The Morgan fingerprint density at radius 3 is 2.74 bits per heavy atom. The van der Waals surface area contributed by atoms with Crippen molar-refractivity contribution in [1.82, 2.24) is 15.6 Å². The number of halogens is 1. The lowest BCUT2D eigenvalue weighted by molar-refractivity contribution is 0.0521. The van der Waals surface area contributed by atoms with Crippen molar-refractivity contribution in [1.29, 1.82) is 0 Å². The Hall–Kier alpha value is -1.14. The number of nitrogens with one attached hydrogen (secondary N) is 2. The Bertz CT molecular complexity index is 489. The van der Waals surface area contributed by atoms with E-state index < -0.39 is 5.60 Å². The smallest absolute Gasteiger partial charge is 0.407 e. The second-order valence-electron chi connectivity index (χ2n) is 6.55. The molecule has 0 saturated carbocycles. The molecule has 0 spiro atoms. The fourth-order valence-electron chi connectivity index (χ4n) is 2.05. The Balaban J connectivity index is 2.47. The molecule has 1 rings (SSSR count). The standard InChI is InChI=1S/C17H28BrN3O2/c1-5-6-8-13(11-20-16(22)23-17(2,3)4)19-12-14-9-7-10-15(18)21-14/h7,9-10,13,19H,5-6,8,11-12H2,1-4H3,(H,20,22). The summed E-state index contributed by atoms with van der Waals surface area (Å²) in [5, 5.41) is 6.31. The van der Waals surface area contributed by atoms with Crippen molar-refractivity contribution < 1.29 is 9.53 Å². The van der Waals surface area contributed by atoms with E-state index in [4.69, 9.17) is 4.74 Å². The van der Waals surface area contributed by atoms with E-state index in [1.54, 1.807) is 0 Å². The average molecular weight is 386 g/mol. The number of unbranched alkanes of at least 4 members (excludes halogenated alkanes) is 1. The van der Waals surface area contributed by atoms with Crippen LogP contribution >= 0.6 is 15.9 Å². The number of amides is 1. The van der Waals surface area contributed by atoms with Gasteiger partial charge in [0.15, 0.2) is 0 Å². The molecule has 0 saturated heterocycles. The highest BCUT2D eigenvalue weighted by Gasteiger charge is 2.17. The van der Waals surface area contributed by atoms with E-state index >= 15 is 0 Å². The fraction of sp³-hybridized carbons (Fsp3) is 0.647. The van der Waals surface area contributed by atoms with Crippen LogP contribution in [0.2, 0.25) is 0 Å². The summed E-state index contributed by atoms with van der Waals surface area (Å²) in [6.07, 6.45) is 2.86. The predicted molar refractivity (Wildman–Crippen MR) is 96.3 cm³/mol. The van der Waals surface area contributed by atoms with Gasteiger partial charge in [0.1, 0.15) is 10.2 Å². The maximum absolute atomic E-state index is 11.8. The van der Waals surface area contributed by atoms with E-state index in [1.807, 2.05) is 39.0 Å². The number of hydrogen-bond donors (Lipinski definition) is 2. The molecule has 0 aromatic carbocycles. The molecule has 1 aromatic heterocycles. The third-order valence-corrected chi connectivity index (χ3v) is 3.58. The number of ether oxygens (including phenoxy) is 1. The summed E-state index contributed by atoms with van der Waals surface area (Å²) in [7, 11) is 0. The molecule has 1 aromatic rings. The molecule has 23 heavy (non-hydrogen) atoms. The summed E-state index contributed by atoms with van der Waals surface area (Å²) >= 11 is 3.38. The highest BCUT2D eigenvalue weighted by molar-refractivity contribution is 9.10. The van der Waals surface area contributed by atoms with Gasteiger partial charge in [-0.2, -0.15) is 0 Å². The zero-order valence-corrected chi connectivity index (χ0v) is 16.1. The second-order valence-corrected chi connectivity index (χ2v) is 7.37. The zero-order valence-electron chi connectivity index (χ0n) is 14.5. The third kappa shape index (κ3) is 9.56. The molecule has 0 aliphatic heterocycles. The number of aromatic nitrogens is 1. The number of carbonyl (C=O) groups excluding carboxylic acids is 1. The van der Waals surface area contributed by atoms with Crippen molar-refractivity contribution in [3.8, 4) is 0 Å². The minimum Gasteiger partial charge on any atom is -0.444 e. The van der Waals surface area contributed by atoms with Crippen LogP contribution in [0.15, 0.2) is 22.8 Å². The normalized spacial score (nSPS) is 12.7. The maximum atomic E-state index is 11.8. The molecule has 130 valence electrons. The van der Waals surface area contributed by atoms with Crippen LogP contribution in [0, 0.1) is 0 Å². The van der Waals surface area contributed by atoms with Gasteiger partial charge in [0.2, 0.25) is 0 Å². The van der Waals surface area contributed by atoms with Crippen molar-refractivity contribution in [3.63, 3.8) is 0 Å². The van der Waals surface area contributed by atoms with Crippen LogP contribution in [-0.4, -0.2) is 29.3 Å². The van der Waals surface area contributed by atoms with Crippen LogP contribution in [-0.2, 0) is 11.3 Å². The Morgan fingerprint density at radius 1 is 1.39 bits per heavy atom. The van der Waals surface area contributed by atoms with Crippen molar-refractivity contribution in [2.24, 2.45) is 0 Å². The van der Waals surface area contributed by atoms with Crippen LogP contribution in [0.4, 0.5) is 4.79 Å². The molecular formula is C17H28BrN3O2. The average Bonchev–Trinajstić information content (AvgIpc) is 2.44. The first-order valence-corrected chi connectivity index (χ1v) is 8.91. The van der Waals surface area contributed by atoms with Gasteiger partial charge < -0.3 is 15.4 Å². The van der Waals surface area contributed by atoms with Crippen molar-refractivity contribution >= 4 is 22.0 Å². The summed E-state index contributed by atoms with van der Waals surface area (Å²) in [5.41, 5.74) is 0.495. The molecule has 1 unspecified atom stereocenters. The lowest BCUT2D eigenvalue weighted by Gasteiger charge is -2.22. The first-order valence-electron chi connectivity index (χ1n) is 8.12. The number of nitrogens with zero attached hydrogens (tertiary/aromatic N) is 1. The molecule has 0 fully saturated rings. The van der Waals surface area contributed by atoms with Gasteiger partial charge in [-0.1, -0.05) is 25.8 Å². The third-order valence-electron chi connectivity index (χ3n) is 3.14. The lowest BCUT2D eigenvalue weighted by Crippen LogP contribution is -2.42. The van der Waals surface area contributed by atoms with Gasteiger partial charge >= 0.3 is 6.09 Å². The number of rotatable bonds is 8. The SMILES string of the molecule is CCCCC(CNC(=O)OC(C)(C)C)NCc1cccc(Br)n1. The van der Waals surface area contributed by atoms with Crippen molar-refractivity contribution in [2.75, 3.05) is 6.54 Å². The van der Waals surface area contributed by atoms with Crippen LogP contribution in [0.25, 0.3) is 0 Å². The van der Waals surface area contributed by atoms with E-state index in [2.05, 4.69) is 38.5 Å². The first kappa shape index (κ1) is 19.9. The molecule has 1 amide bonds. The van der Waals surface area contributed by atoms with E-state index in [0.29, 0.717) is 13.1 Å². The van der Waals surface area contributed by atoms with E-state index in [0.717, 1.165) is 29.6 Å². The van der Waals surface area contributed by atoms with Gasteiger partial charge in [-0.05, 0) is 55.3 Å². The molecule has 6 heteroatoms. The summed E-state index contributed by atoms with van der Waals surface area (Å²) in [4.78, 5) is 16.2. The number of hydrogen-bond acceptors (Lipinski definition) is 4. The predicted octanol–water partition coefficient (Wildman–Crippen LogP) is 4.02. The molecule has 0 bridgehead atoms.